The number of hydrogen-bond acceptors (Lipinski definition) is 12. The number of sulfonamides is 2. The molecule has 22 heteroatoms. The molecule has 10 aliphatic rings. The Balaban J connectivity index is 1.26. The number of para-hydroxylation sites is 2. The van der Waals surface area contributed by atoms with Crippen molar-refractivity contribution in [3.05, 3.63) is 59.7 Å². The number of fused-ring (bicyclic) bond motifs is 10. The molecule has 2 aromatic carbocycles. The normalized spacial score (nSPS) is 37.1. The van der Waals surface area contributed by atoms with Crippen molar-refractivity contribution in [2.24, 2.45) is 0 Å². The molecule has 2 unspecified atom stereocenters. The van der Waals surface area contributed by atoms with Crippen LogP contribution >= 0.6 is 63.2 Å². The minimum atomic E-state index is -4.20. The highest BCUT2D eigenvalue weighted by Gasteiger charge is 2.84. The average Bonchev–Trinajstić information content (AvgIpc) is 3.85. The summed E-state index contributed by atoms with van der Waals surface area (Å²) in [6, 6.07) is 14.6. The standard InChI is InChI=1S/C41H54N6O8S8/c1-36-32(48)44-30-38(24-40(44,58-56-36)34(50)42(36)3,26-15-11-13-17-28(26)46(30)62(52,53)21-19-60(5,6)7)23-39-25-41-35(51)43(4)37(2,57-59-41)33(49)45(41)31(39)47(29-18-14-12-16-27(29)39)63(54,55)22-20-61(8,9)10/h11-18,30-31H,19-25H2,1-10H3/t30?,31?,36-,37-,38+,39+,40-,41-/m0/s1. The Bertz CT molecular complexity index is 2500. The number of anilines is 2. The number of piperazine rings is 2. The number of benzene rings is 2. The molecule has 344 valence electrons. The second-order valence-electron chi connectivity index (χ2n) is 20.4. The smallest absolute Gasteiger partial charge is 0.262 e. The molecule has 0 aliphatic carbocycles. The molecule has 8 saturated heterocycles. The summed E-state index contributed by atoms with van der Waals surface area (Å²) < 4.78 is 64.0. The highest BCUT2D eigenvalue weighted by atomic mass is 33.1. The van der Waals surface area contributed by atoms with Gasteiger partial charge in [0.1, 0.15) is 12.3 Å². The van der Waals surface area contributed by atoms with E-state index in [0.717, 1.165) is 0 Å². The van der Waals surface area contributed by atoms with Gasteiger partial charge in [-0.05, 0) is 92.6 Å². The van der Waals surface area contributed by atoms with E-state index < -0.39 is 82.7 Å². The summed E-state index contributed by atoms with van der Waals surface area (Å²) in [5, 5.41) is 0. The molecule has 0 N–H and O–H groups in total. The maximum Gasteiger partial charge on any atom is 0.262 e. The Morgan fingerprint density at radius 1 is 0.540 bits per heavy atom. The van der Waals surface area contributed by atoms with Crippen molar-refractivity contribution in [1.82, 2.24) is 19.6 Å². The summed E-state index contributed by atoms with van der Waals surface area (Å²) in [6.07, 6.45) is 9.98. The van der Waals surface area contributed by atoms with E-state index in [0.29, 0.717) is 34.0 Å². The third kappa shape index (κ3) is 5.57. The van der Waals surface area contributed by atoms with E-state index in [2.05, 4.69) is 37.5 Å². The fourth-order valence-electron chi connectivity index (χ4n) is 11.5. The predicted octanol–water partition coefficient (Wildman–Crippen LogP) is 4.62. The van der Waals surface area contributed by atoms with Crippen LogP contribution in [0.2, 0.25) is 0 Å². The molecule has 4 amide bonds. The SMILES string of the molecule is CN1C(=O)[C@@]23C[C@]4(C[C@]56C[C@@]78SS[C@@](C)(C(=O)N7C5N(S(=O)(=O)CCS(C)(C)C)c5ccccc56)N(C)C8=O)c5ccccc5N(S(=O)(=O)CCS(C)(C)C)C4N2C(=O)[C@]1(C)SS3. The summed E-state index contributed by atoms with van der Waals surface area (Å²) in [5.74, 6) is -0.936. The van der Waals surface area contributed by atoms with Gasteiger partial charge in [0, 0.05) is 37.8 Å². The Morgan fingerprint density at radius 3 is 1.24 bits per heavy atom. The van der Waals surface area contributed by atoms with E-state index in [4.69, 9.17) is 0 Å². The topological polar surface area (TPSA) is 156 Å². The Hall–Kier alpha value is -2.08. The van der Waals surface area contributed by atoms with E-state index >= 15 is 36.0 Å². The van der Waals surface area contributed by atoms with Crippen LogP contribution in [0.1, 0.15) is 44.2 Å². The quantitative estimate of drug-likeness (QED) is 0.305. The van der Waals surface area contributed by atoms with Gasteiger partial charge in [-0.1, -0.05) is 79.6 Å². The Labute approximate surface area is 389 Å². The first-order valence-electron chi connectivity index (χ1n) is 20.6. The van der Waals surface area contributed by atoms with Crippen LogP contribution in [0.15, 0.2) is 48.5 Å². The first kappa shape index (κ1) is 44.7. The molecule has 0 radical (unpaired) electrons. The van der Waals surface area contributed by atoms with Crippen molar-refractivity contribution in [2.75, 3.05) is 83.3 Å². The van der Waals surface area contributed by atoms with Gasteiger partial charge in [-0.2, -0.15) is 0 Å². The monoisotopic (exact) mass is 1010 g/mol. The van der Waals surface area contributed by atoms with Crippen molar-refractivity contribution in [3.63, 3.8) is 0 Å². The summed E-state index contributed by atoms with van der Waals surface area (Å²) in [6.45, 7) is 3.41. The first-order valence-corrected chi connectivity index (χ1v) is 34.2. The summed E-state index contributed by atoms with van der Waals surface area (Å²) in [5.41, 5.74) is -0.586. The van der Waals surface area contributed by atoms with Crippen LogP contribution < -0.4 is 8.61 Å². The van der Waals surface area contributed by atoms with Crippen molar-refractivity contribution in [1.29, 1.82) is 0 Å². The van der Waals surface area contributed by atoms with Gasteiger partial charge in [0.05, 0.1) is 22.9 Å². The van der Waals surface area contributed by atoms with Crippen LogP contribution in [0.25, 0.3) is 0 Å². The number of hydrogen-bond donors (Lipinski definition) is 0. The van der Waals surface area contributed by atoms with Crippen molar-refractivity contribution < 1.29 is 36.0 Å². The lowest BCUT2D eigenvalue weighted by Gasteiger charge is -2.58. The zero-order valence-corrected chi connectivity index (χ0v) is 43.5. The van der Waals surface area contributed by atoms with Crippen LogP contribution in [0.5, 0.6) is 0 Å². The van der Waals surface area contributed by atoms with E-state index in [9.17, 15) is 0 Å². The molecule has 0 aromatic heterocycles. The van der Waals surface area contributed by atoms with Crippen LogP contribution in [0, 0.1) is 0 Å². The highest BCUT2D eigenvalue weighted by Crippen LogP contribution is 2.76. The Kier molecular flexibility index (Phi) is 9.47. The number of carbonyl (C=O) groups is 4. The lowest BCUT2D eigenvalue weighted by molar-refractivity contribution is -0.163. The second-order valence-corrected chi connectivity index (χ2v) is 39.1. The summed E-state index contributed by atoms with van der Waals surface area (Å²) in [4.78, 5) is 61.1. The zero-order valence-electron chi connectivity index (χ0n) is 36.9. The lowest BCUT2D eigenvalue weighted by atomic mass is 9.62. The molecule has 8 fully saturated rings. The highest BCUT2D eigenvalue weighted by molar-refractivity contribution is 8.78. The Morgan fingerprint density at radius 2 is 0.889 bits per heavy atom. The number of nitrogens with zero attached hydrogens (tertiary/aromatic N) is 6. The molecule has 12 rings (SSSR count). The first-order chi connectivity index (χ1) is 29.1. The number of carbonyl (C=O) groups excluding carboxylic acids is 4. The van der Waals surface area contributed by atoms with Gasteiger partial charge < -0.3 is 9.80 Å². The summed E-state index contributed by atoms with van der Waals surface area (Å²) in [7, 11) is -2.57. The van der Waals surface area contributed by atoms with E-state index in [-0.39, 0.29) is 54.4 Å². The molecule has 2 spiro atoms. The number of likely N-dealkylation sites (N-methyl/N-ethyl adjacent to an activating group) is 2. The number of rotatable bonds is 10. The molecule has 10 aliphatic heterocycles. The van der Waals surface area contributed by atoms with Crippen molar-refractivity contribution >= 4 is 118 Å². The average molecular weight is 1020 g/mol. The molecule has 0 saturated carbocycles. The van der Waals surface area contributed by atoms with Gasteiger partial charge >= 0.3 is 0 Å². The van der Waals surface area contributed by atoms with Crippen LogP contribution in [-0.2, 0) is 50.1 Å². The summed E-state index contributed by atoms with van der Waals surface area (Å²) >= 11 is 0. The fraction of sp³-hybridized carbons (Fsp3) is 0.610. The van der Waals surface area contributed by atoms with Crippen LogP contribution in [0.3, 0.4) is 0 Å². The second kappa shape index (κ2) is 13.3. The number of amides is 4. The van der Waals surface area contributed by atoms with Gasteiger partial charge in [0.25, 0.3) is 23.6 Å². The lowest BCUT2D eigenvalue weighted by Crippen LogP contribution is -2.76. The molecule has 10 heterocycles. The van der Waals surface area contributed by atoms with E-state index in [1.807, 2.05) is 24.3 Å². The van der Waals surface area contributed by atoms with Crippen LogP contribution in [0.4, 0.5) is 11.4 Å². The van der Waals surface area contributed by atoms with E-state index in [1.165, 1.54) is 61.6 Å². The maximum absolute atomic E-state index is 15.3. The predicted molar refractivity (Wildman–Crippen MR) is 263 cm³/mol. The fourth-order valence-corrected chi connectivity index (χ4v) is 26.7. The molecule has 4 bridgehead atoms. The van der Waals surface area contributed by atoms with Gasteiger partial charge in [-0.15, -0.1) is 0 Å². The third-order valence-electron chi connectivity index (χ3n) is 14.8. The largest absolute Gasteiger partial charge is 0.319 e. The third-order valence-corrected chi connectivity index (χ3v) is 29.0. The van der Waals surface area contributed by atoms with Gasteiger partial charge in [0.2, 0.25) is 20.0 Å². The molecule has 2 aromatic rings. The molecular weight excluding hydrogens is 961 g/mol. The minimum Gasteiger partial charge on any atom is -0.319 e. The van der Waals surface area contributed by atoms with Gasteiger partial charge in [-0.3, -0.25) is 29.0 Å². The van der Waals surface area contributed by atoms with Gasteiger partial charge in [0.15, 0.2) is 19.5 Å². The van der Waals surface area contributed by atoms with Crippen molar-refractivity contribution in [3.8, 4) is 0 Å². The van der Waals surface area contributed by atoms with Crippen molar-refractivity contribution in [2.45, 2.75) is 75.8 Å². The molecular formula is C41H54N6O8S8. The molecule has 63 heavy (non-hydrogen) atoms. The molecule has 8 atom stereocenters. The maximum atomic E-state index is 15.3. The van der Waals surface area contributed by atoms with Gasteiger partial charge in [-0.25, -0.2) is 45.5 Å². The zero-order chi connectivity index (χ0) is 45.7. The molecule has 14 nitrogen and oxygen atoms in total. The van der Waals surface area contributed by atoms with Crippen LogP contribution in [-0.4, -0.2) is 167 Å². The minimum absolute atomic E-state index is 0.0192. The van der Waals surface area contributed by atoms with E-state index in [1.54, 1.807) is 62.0 Å².